The fourth-order valence-corrected chi connectivity index (χ4v) is 1.53. The molecule has 0 fully saturated rings. The fourth-order valence-electron chi connectivity index (χ4n) is 1.04. The molecule has 0 aliphatic carbocycles. The first kappa shape index (κ1) is 10.3. The molecule has 0 atom stereocenters. The summed E-state index contributed by atoms with van der Waals surface area (Å²) in [7, 11) is 0. The van der Waals surface area contributed by atoms with Gasteiger partial charge in [-0.1, -0.05) is 0 Å². The van der Waals surface area contributed by atoms with Crippen LogP contribution in [0, 0.1) is 3.57 Å². The second-order valence-corrected chi connectivity index (χ2v) is 3.77. The molecule has 0 aromatic heterocycles. The number of carbonyl (C=O) groups is 1. The van der Waals surface area contributed by atoms with Crippen molar-refractivity contribution in [2.24, 2.45) is 0 Å². The number of benzene rings is 1. The van der Waals surface area contributed by atoms with Gasteiger partial charge in [-0.2, -0.15) is 0 Å². The largest absolute Gasteiger partial charge is 0.478 e. The van der Waals surface area contributed by atoms with E-state index in [-0.39, 0.29) is 0 Å². The topological polar surface area (TPSA) is 49.3 Å². The van der Waals surface area contributed by atoms with Gasteiger partial charge < -0.3 is 10.4 Å². The van der Waals surface area contributed by atoms with Crippen LogP contribution in [0.1, 0.15) is 17.3 Å². The highest BCUT2D eigenvalue weighted by atomic mass is 127. The SMILES string of the molecule is CCNc1ccc(I)cc1C(=O)O. The number of hydrogen-bond donors (Lipinski definition) is 2. The molecule has 4 heteroatoms. The van der Waals surface area contributed by atoms with Gasteiger partial charge in [-0.3, -0.25) is 0 Å². The molecule has 0 aliphatic heterocycles. The van der Waals surface area contributed by atoms with Crippen molar-refractivity contribution in [3.05, 3.63) is 27.3 Å². The predicted octanol–water partition coefficient (Wildman–Crippen LogP) is 2.42. The van der Waals surface area contributed by atoms with Crippen molar-refractivity contribution < 1.29 is 9.90 Å². The van der Waals surface area contributed by atoms with E-state index >= 15 is 0 Å². The number of nitrogens with one attached hydrogen (secondary N) is 1. The molecule has 0 saturated carbocycles. The lowest BCUT2D eigenvalue weighted by Crippen LogP contribution is -2.05. The van der Waals surface area contributed by atoms with E-state index in [9.17, 15) is 4.79 Å². The van der Waals surface area contributed by atoms with Crippen LogP contribution in [-0.2, 0) is 0 Å². The van der Waals surface area contributed by atoms with E-state index in [1.54, 1.807) is 12.1 Å². The maximum absolute atomic E-state index is 10.8. The van der Waals surface area contributed by atoms with E-state index in [0.29, 0.717) is 11.3 Å². The third-order valence-electron chi connectivity index (χ3n) is 1.58. The lowest BCUT2D eigenvalue weighted by molar-refractivity contribution is 0.0698. The van der Waals surface area contributed by atoms with E-state index in [1.165, 1.54) is 0 Å². The van der Waals surface area contributed by atoms with Crippen molar-refractivity contribution >= 4 is 34.2 Å². The van der Waals surface area contributed by atoms with Crippen molar-refractivity contribution in [2.45, 2.75) is 6.92 Å². The third kappa shape index (κ3) is 2.58. The Morgan fingerprint density at radius 2 is 2.31 bits per heavy atom. The molecule has 1 aromatic rings. The van der Waals surface area contributed by atoms with Crippen molar-refractivity contribution in [2.75, 3.05) is 11.9 Å². The molecule has 1 rings (SSSR count). The van der Waals surface area contributed by atoms with Crippen molar-refractivity contribution in [1.29, 1.82) is 0 Å². The zero-order chi connectivity index (χ0) is 9.84. The van der Waals surface area contributed by atoms with Gasteiger partial charge in [-0.05, 0) is 47.7 Å². The van der Waals surface area contributed by atoms with E-state index in [1.807, 2.05) is 13.0 Å². The maximum Gasteiger partial charge on any atom is 0.337 e. The molecule has 0 amide bonds. The number of rotatable bonds is 3. The minimum Gasteiger partial charge on any atom is -0.478 e. The number of carboxylic acids is 1. The summed E-state index contributed by atoms with van der Waals surface area (Å²) in [6.45, 7) is 2.66. The Labute approximate surface area is 90.3 Å². The summed E-state index contributed by atoms with van der Waals surface area (Å²) >= 11 is 2.09. The van der Waals surface area contributed by atoms with E-state index in [4.69, 9.17) is 5.11 Å². The molecule has 70 valence electrons. The lowest BCUT2D eigenvalue weighted by Gasteiger charge is -2.07. The Kier molecular flexibility index (Phi) is 3.53. The van der Waals surface area contributed by atoms with Crippen LogP contribution >= 0.6 is 22.6 Å². The normalized spacial score (nSPS) is 9.69. The number of carboxylic acid groups (broad SMARTS) is 1. The number of hydrogen-bond acceptors (Lipinski definition) is 2. The van der Waals surface area contributed by atoms with Gasteiger partial charge in [0.2, 0.25) is 0 Å². The summed E-state index contributed by atoms with van der Waals surface area (Å²) in [5.41, 5.74) is 1.00. The van der Waals surface area contributed by atoms with Gasteiger partial charge in [0.1, 0.15) is 0 Å². The summed E-state index contributed by atoms with van der Waals surface area (Å²) in [6, 6.07) is 5.32. The molecule has 3 nitrogen and oxygen atoms in total. The minimum absolute atomic E-state index is 0.328. The van der Waals surface area contributed by atoms with Gasteiger partial charge in [0, 0.05) is 15.8 Å². The van der Waals surface area contributed by atoms with E-state index in [2.05, 4.69) is 27.9 Å². The average Bonchev–Trinajstić information content (AvgIpc) is 2.08. The lowest BCUT2D eigenvalue weighted by atomic mass is 10.2. The molecule has 1 aromatic carbocycles. The van der Waals surface area contributed by atoms with Crippen LogP contribution in [0.5, 0.6) is 0 Å². The van der Waals surface area contributed by atoms with Crippen molar-refractivity contribution in [3.63, 3.8) is 0 Å². The van der Waals surface area contributed by atoms with Gasteiger partial charge in [0.25, 0.3) is 0 Å². The van der Waals surface area contributed by atoms with Gasteiger partial charge in [-0.15, -0.1) is 0 Å². The molecular weight excluding hydrogens is 281 g/mol. The fraction of sp³-hybridized carbons (Fsp3) is 0.222. The zero-order valence-corrected chi connectivity index (χ0v) is 9.33. The van der Waals surface area contributed by atoms with Crippen LogP contribution < -0.4 is 5.32 Å². The molecule has 13 heavy (non-hydrogen) atoms. The number of anilines is 1. The Morgan fingerprint density at radius 1 is 1.62 bits per heavy atom. The summed E-state index contributed by atoms with van der Waals surface area (Å²) in [5, 5.41) is 11.9. The monoisotopic (exact) mass is 291 g/mol. The quantitative estimate of drug-likeness (QED) is 0.841. The van der Waals surface area contributed by atoms with Crippen LogP contribution in [0.25, 0.3) is 0 Å². The van der Waals surface area contributed by atoms with Crippen molar-refractivity contribution in [3.8, 4) is 0 Å². The molecule has 0 heterocycles. The molecule has 0 spiro atoms. The van der Waals surface area contributed by atoms with Gasteiger partial charge in [0.15, 0.2) is 0 Å². The summed E-state index contributed by atoms with van der Waals surface area (Å²) in [4.78, 5) is 10.8. The van der Waals surface area contributed by atoms with Gasteiger partial charge in [-0.25, -0.2) is 4.79 Å². The smallest absolute Gasteiger partial charge is 0.337 e. The highest BCUT2D eigenvalue weighted by Crippen LogP contribution is 2.18. The standard InChI is InChI=1S/C9H10INO2/c1-2-11-8-4-3-6(10)5-7(8)9(12)13/h3-5,11H,2H2,1H3,(H,12,13). The highest BCUT2D eigenvalue weighted by Gasteiger charge is 2.08. The molecular formula is C9H10INO2. The van der Waals surface area contributed by atoms with Gasteiger partial charge in [0.05, 0.1) is 5.56 Å². The first-order chi connectivity index (χ1) is 6.15. The first-order valence-electron chi connectivity index (χ1n) is 3.92. The summed E-state index contributed by atoms with van der Waals surface area (Å²) in [6.07, 6.45) is 0. The molecule has 0 aliphatic rings. The Morgan fingerprint density at radius 3 is 2.85 bits per heavy atom. The third-order valence-corrected chi connectivity index (χ3v) is 2.25. The molecule has 0 saturated heterocycles. The van der Waals surface area contributed by atoms with Crippen LogP contribution in [0.3, 0.4) is 0 Å². The zero-order valence-electron chi connectivity index (χ0n) is 7.17. The number of halogens is 1. The van der Waals surface area contributed by atoms with Crippen molar-refractivity contribution in [1.82, 2.24) is 0 Å². The van der Waals surface area contributed by atoms with Crippen LogP contribution in [0.4, 0.5) is 5.69 Å². The van der Waals surface area contributed by atoms with Crippen LogP contribution in [0.15, 0.2) is 18.2 Å². The Hall–Kier alpha value is -0.780. The van der Waals surface area contributed by atoms with Crippen LogP contribution in [0.2, 0.25) is 0 Å². The Bertz CT molecular complexity index is 325. The second-order valence-electron chi connectivity index (χ2n) is 2.53. The highest BCUT2D eigenvalue weighted by molar-refractivity contribution is 14.1. The molecule has 2 N–H and O–H groups in total. The Balaban J connectivity index is 3.10. The molecule has 0 unspecified atom stereocenters. The molecule has 0 radical (unpaired) electrons. The minimum atomic E-state index is -0.894. The molecule has 0 bridgehead atoms. The maximum atomic E-state index is 10.8. The predicted molar refractivity (Wildman–Crippen MR) is 60.3 cm³/mol. The summed E-state index contributed by atoms with van der Waals surface area (Å²) in [5.74, 6) is -0.894. The van der Waals surface area contributed by atoms with Gasteiger partial charge >= 0.3 is 5.97 Å². The van der Waals surface area contributed by atoms with E-state index in [0.717, 1.165) is 10.1 Å². The number of aromatic carboxylic acids is 1. The summed E-state index contributed by atoms with van der Waals surface area (Å²) < 4.78 is 0.927. The average molecular weight is 291 g/mol. The second kappa shape index (κ2) is 4.45. The van der Waals surface area contributed by atoms with Crippen LogP contribution in [-0.4, -0.2) is 17.6 Å². The first-order valence-corrected chi connectivity index (χ1v) is 4.99. The van der Waals surface area contributed by atoms with E-state index < -0.39 is 5.97 Å².